The lowest BCUT2D eigenvalue weighted by Crippen LogP contribution is -2.50. The van der Waals surface area contributed by atoms with Gasteiger partial charge in [0.15, 0.2) is 11.5 Å². The molecule has 1 fully saturated rings. The molecule has 1 unspecified atom stereocenters. The number of hydrogen-bond donors (Lipinski definition) is 1. The number of anilines is 2. The van der Waals surface area contributed by atoms with Crippen LogP contribution in [0.5, 0.6) is 11.5 Å². The number of aromatic nitrogens is 2. The third-order valence-electron chi connectivity index (χ3n) is 7.32. The van der Waals surface area contributed by atoms with Crippen molar-refractivity contribution in [1.82, 2.24) is 19.8 Å². The molecule has 10 nitrogen and oxygen atoms in total. The van der Waals surface area contributed by atoms with Crippen LogP contribution in [0.4, 0.5) is 11.8 Å². The van der Waals surface area contributed by atoms with Gasteiger partial charge in [0, 0.05) is 51.1 Å². The number of benzene rings is 2. The molecule has 0 spiro atoms. The van der Waals surface area contributed by atoms with E-state index in [1.54, 1.807) is 33.3 Å². The number of piperazine rings is 1. The quantitative estimate of drug-likeness (QED) is 0.564. The van der Waals surface area contributed by atoms with Crippen molar-refractivity contribution < 1.29 is 19.1 Å². The summed E-state index contributed by atoms with van der Waals surface area (Å²) in [6, 6.07) is 11.4. The summed E-state index contributed by atoms with van der Waals surface area (Å²) < 4.78 is 10.8. The highest BCUT2D eigenvalue weighted by molar-refractivity contribution is 5.91. The molecule has 37 heavy (non-hydrogen) atoms. The first kappa shape index (κ1) is 24.6. The Kier molecular flexibility index (Phi) is 6.73. The van der Waals surface area contributed by atoms with E-state index in [0.29, 0.717) is 66.9 Å². The van der Waals surface area contributed by atoms with E-state index in [0.717, 1.165) is 12.0 Å². The van der Waals surface area contributed by atoms with Crippen LogP contribution in [-0.4, -0.2) is 78.5 Å². The van der Waals surface area contributed by atoms with Gasteiger partial charge in [0.25, 0.3) is 0 Å². The van der Waals surface area contributed by atoms with Crippen LogP contribution in [0, 0.1) is 0 Å². The lowest BCUT2D eigenvalue weighted by atomic mass is 9.90. The monoisotopic (exact) mass is 504 g/mol. The average Bonchev–Trinajstić information content (AvgIpc) is 2.92. The van der Waals surface area contributed by atoms with Gasteiger partial charge in [-0.1, -0.05) is 24.3 Å². The summed E-state index contributed by atoms with van der Waals surface area (Å²) in [4.78, 5) is 40.6. The lowest BCUT2D eigenvalue weighted by Gasteiger charge is -2.39. The van der Waals surface area contributed by atoms with Gasteiger partial charge < -0.3 is 29.9 Å². The summed E-state index contributed by atoms with van der Waals surface area (Å²) in [7, 11) is 3.15. The van der Waals surface area contributed by atoms with E-state index in [-0.39, 0.29) is 24.3 Å². The van der Waals surface area contributed by atoms with Gasteiger partial charge in [-0.05, 0) is 23.6 Å². The second kappa shape index (κ2) is 10.1. The van der Waals surface area contributed by atoms with Gasteiger partial charge in [0.05, 0.1) is 32.2 Å². The first-order valence-corrected chi connectivity index (χ1v) is 12.5. The Hall–Kier alpha value is -4.08. The second-order valence-electron chi connectivity index (χ2n) is 9.38. The summed E-state index contributed by atoms with van der Waals surface area (Å²) in [5.74, 6) is 2.06. The van der Waals surface area contributed by atoms with Crippen molar-refractivity contribution >= 4 is 34.5 Å². The highest BCUT2D eigenvalue weighted by Gasteiger charge is 2.33. The number of hydrogen-bond acceptors (Lipinski definition) is 8. The minimum atomic E-state index is -0.233. The SMILES string of the molecule is COc1cc2nc(N3CCN(C(=O)CC4c5ccccc5CCN4C(C)=O)CC3)nc(N)c2cc1OC. The van der Waals surface area contributed by atoms with Crippen LogP contribution in [0.1, 0.15) is 30.5 Å². The van der Waals surface area contributed by atoms with Crippen molar-refractivity contribution in [1.29, 1.82) is 0 Å². The van der Waals surface area contributed by atoms with Gasteiger partial charge in [0.2, 0.25) is 17.8 Å². The maximum Gasteiger partial charge on any atom is 0.228 e. The van der Waals surface area contributed by atoms with Crippen molar-refractivity contribution in [3.05, 3.63) is 47.5 Å². The highest BCUT2D eigenvalue weighted by Crippen LogP contribution is 2.35. The van der Waals surface area contributed by atoms with E-state index in [1.807, 2.05) is 32.9 Å². The molecule has 2 aromatic carbocycles. The fourth-order valence-corrected chi connectivity index (χ4v) is 5.31. The molecule has 1 saturated heterocycles. The smallest absolute Gasteiger partial charge is 0.228 e. The van der Waals surface area contributed by atoms with Gasteiger partial charge in [-0.2, -0.15) is 4.98 Å². The fraction of sp³-hybridized carbons (Fsp3) is 0.407. The Bertz CT molecular complexity index is 1340. The zero-order valence-electron chi connectivity index (χ0n) is 21.4. The van der Waals surface area contributed by atoms with E-state index < -0.39 is 0 Å². The predicted octanol–water partition coefficient (Wildman–Crippen LogP) is 2.41. The largest absolute Gasteiger partial charge is 0.493 e. The Labute approximate surface area is 216 Å². The van der Waals surface area contributed by atoms with E-state index >= 15 is 0 Å². The topological polar surface area (TPSA) is 114 Å². The molecule has 0 radical (unpaired) electrons. The van der Waals surface area contributed by atoms with Gasteiger partial charge >= 0.3 is 0 Å². The molecule has 2 amide bonds. The number of carbonyl (C=O) groups excluding carboxylic acids is 2. The van der Waals surface area contributed by atoms with E-state index in [1.165, 1.54) is 5.56 Å². The van der Waals surface area contributed by atoms with E-state index in [9.17, 15) is 9.59 Å². The van der Waals surface area contributed by atoms with Crippen LogP contribution >= 0.6 is 0 Å². The molecule has 1 atom stereocenters. The Balaban J connectivity index is 1.29. The zero-order chi connectivity index (χ0) is 26.1. The molecule has 2 N–H and O–H groups in total. The molecule has 3 aromatic rings. The lowest BCUT2D eigenvalue weighted by molar-refractivity contribution is -0.136. The summed E-state index contributed by atoms with van der Waals surface area (Å²) in [6.45, 7) is 4.46. The number of nitrogens with two attached hydrogens (primary N) is 1. The number of nitrogens with zero attached hydrogens (tertiary/aromatic N) is 5. The number of fused-ring (bicyclic) bond motifs is 2. The Morgan fingerprint density at radius 3 is 2.41 bits per heavy atom. The molecule has 10 heteroatoms. The summed E-state index contributed by atoms with van der Waals surface area (Å²) in [5.41, 5.74) is 9.21. The number of carbonyl (C=O) groups is 2. The summed E-state index contributed by atoms with van der Waals surface area (Å²) in [6.07, 6.45) is 1.09. The molecule has 2 aliphatic rings. The van der Waals surface area contributed by atoms with Gasteiger partial charge in [-0.25, -0.2) is 4.98 Å². The van der Waals surface area contributed by atoms with Crippen molar-refractivity contribution in [2.24, 2.45) is 0 Å². The van der Waals surface area contributed by atoms with Crippen LogP contribution < -0.4 is 20.1 Å². The number of amides is 2. The first-order chi connectivity index (χ1) is 17.9. The van der Waals surface area contributed by atoms with Crippen LogP contribution in [0.3, 0.4) is 0 Å². The van der Waals surface area contributed by atoms with Crippen LogP contribution in [0.15, 0.2) is 36.4 Å². The fourth-order valence-electron chi connectivity index (χ4n) is 5.31. The molecule has 194 valence electrons. The predicted molar refractivity (Wildman–Crippen MR) is 141 cm³/mol. The Morgan fingerprint density at radius 1 is 1.00 bits per heavy atom. The molecule has 0 saturated carbocycles. The minimum Gasteiger partial charge on any atom is -0.493 e. The standard InChI is InChI=1S/C27H32N6O4/c1-17(34)33-9-8-18-6-4-5-7-19(18)22(33)16-25(35)31-10-12-32(13-11-31)27-29-21-15-24(37-3)23(36-2)14-20(21)26(28)30-27/h4-7,14-15,22H,8-13,16H2,1-3H3,(H2,28,29,30). The number of nitrogen functional groups attached to an aromatic ring is 1. The van der Waals surface area contributed by atoms with Crippen molar-refractivity contribution in [3.8, 4) is 11.5 Å². The molecule has 1 aromatic heterocycles. The van der Waals surface area contributed by atoms with Crippen molar-refractivity contribution in [2.45, 2.75) is 25.8 Å². The average molecular weight is 505 g/mol. The summed E-state index contributed by atoms with van der Waals surface area (Å²) >= 11 is 0. The molecular weight excluding hydrogens is 472 g/mol. The number of methoxy groups -OCH3 is 2. The third kappa shape index (κ3) is 4.71. The maximum atomic E-state index is 13.3. The molecular formula is C27H32N6O4. The molecule has 3 heterocycles. The minimum absolute atomic E-state index is 0.00239. The van der Waals surface area contributed by atoms with Gasteiger partial charge in [-0.15, -0.1) is 0 Å². The van der Waals surface area contributed by atoms with Gasteiger partial charge in [0.1, 0.15) is 5.82 Å². The maximum absolute atomic E-state index is 13.3. The Morgan fingerprint density at radius 2 is 1.70 bits per heavy atom. The van der Waals surface area contributed by atoms with Crippen LogP contribution in [-0.2, 0) is 16.0 Å². The van der Waals surface area contributed by atoms with Crippen LogP contribution in [0.25, 0.3) is 10.9 Å². The van der Waals surface area contributed by atoms with E-state index in [2.05, 4.69) is 11.1 Å². The zero-order valence-corrected chi connectivity index (χ0v) is 21.4. The summed E-state index contributed by atoms with van der Waals surface area (Å²) in [5, 5.41) is 0.693. The molecule has 5 rings (SSSR count). The highest BCUT2D eigenvalue weighted by atomic mass is 16.5. The normalized spacial score (nSPS) is 17.5. The van der Waals surface area contributed by atoms with Gasteiger partial charge in [-0.3, -0.25) is 9.59 Å². The number of ether oxygens (including phenoxy) is 2. The molecule has 0 bridgehead atoms. The van der Waals surface area contributed by atoms with E-state index in [4.69, 9.17) is 20.2 Å². The van der Waals surface area contributed by atoms with Crippen molar-refractivity contribution in [3.63, 3.8) is 0 Å². The van der Waals surface area contributed by atoms with Crippen LogP contribution in [0.2, 0.25) is 0 Å². The third-order valence-corrected chi connectivity index (χ3v) is 7.32. The van der Waals surface area contributed by atoms with Crippen molar-refractivity contribution in [2.75, 3.05) is 57.6 Å². The second-order valence-corrected chi connectivity index (χ2v) is 9.38. The molecule has 0 aliphatic carbocycles. The molecule has 2 aliphatic heterocycles. The first-order valence-electron chi connectivity index (χ1n) is 12.5. The number of rotatable bonds is 5.